The number of methoxy groups -OCH3 is 1. The highest BCUT2D eigenvalue weighted by Gasteiger charge is 2.61. The van der Waals surface area contributed by atoms with Crippen LogP contribution < -0.4 is 9.64 Å². The number of allylic oxidation sites excluding steroid dienone is 2. The Kier molecular flexibility index (Phi) is 4.49. The van der Waals surface area contributed by atoms with E-state index in [1.54, 1.807) is 11.0 Å². The van der Waals surface area contributed by atoms with Crippen molar-refractivity contribution in [2.75, 3.05) is 32.1 Å². The number of hydrogen-bond acceptors (Lipinski definition) is 5. The van der Waals surface area contributed by atoms with Crippen molar-refractivity contribution in [3.63, 3.8) is 0 Å². The average Bonchev–Trinajstić information content (AvgIpc) is 3.00. The minimum Gasteiger partial charge on any atom is -0.503 e. The molecule has 1 aliphatic carbocycles. The van der Waals surface area contributed by atoms with E-state index in [0.717, 1.165) is 37.1 Å². The fourth-order valence-electron chi connectivity index (χ4n) is 5.59. The lowest BCUT2D eigenvalue weighted by atomic mass is 9.60. The van der Waals surface area contributed by atoms with Crippen molar-refractivity contribution < 1.29 is 19.4 Å². The summed E-state index contributed by atoms with van der Waals surface area (Å²) in [4.78, 5) is 30.6. The Morgan fingerprint density at radius 2 is 2.11 bits per heavy atom. The Hall–Kier alpha value is -2.34. The van der Waals surface area contributed by atoms with E-state index in [2.05, 4.69) is 11.9 Å². The van der Waals surface area contributed by atoms with Crippen LogP contribution in [0.4, 0.5) is 5.69 Å². The number of anilines is 1. The minimum absolute atomic E-state index is 0.0548. The fraction of sp³-hybridized carbons (Fsp3) is 0.545. The van der Waals surface area contributed by atoms with Gasteiger partial charge in [-0.05, 0) is 69.4 Å². The predicted octanol–water partition coefficient (Wildman–Crippen LogP) is 2.63. The predicted molar refractivity (Wildman–Crippen MR) is 107 cm³/mol. The molecule has 1 saturated carbocycles. The van der Waals surface area contributed by atoms with E-state index in [-0.39, 0.29) is 29.4 Å². The quantitative estimate of drug-likeness (QED) is 0.754. The summed E-state index contributed by atoms with van der Waals surface area (Å²) in [6, 6.07) is 3.30. The van der Waals surface area contributed by atoms with E-state index in [9.17, 15) is 14.7 Å². The van der Waals surface area contributed by atoms with Crippen molar-refractivity contribution in [2.24, 2.45) is 5.92 Å². The van der Waals surface area contributed by atoms with E-state index in [0.29, 0.717) is 17.9 Å². The number of Topliss-reactive ketones (excluding diaryl/α,β-unsaturated/α-hetero) is 1. The Morgan fingerprint density at radius 1 is 1.36 bits per heavy atom. The second-order valence-corrected chi connectivity index (χ2v) is 8.24. The zero-order chi connectivity index (χ0) is 20.2. The Bertz CT molecular complexity index is 878. The first-order chi connectivity index (χ1) is 13.4. The van der Waals surface area contributed by atoms with Gasteiger partial charge in [0.05, 0.1) is 24.3 Å². The van der Waals surface area contributed by atoms with Crippen molar-refractivity contribution in [1.82, 2.24) is 4.90 Å². The molecule has 3 aliphatic heterocycles. The standard InChI is InChI=1S/C22H28N2O4/c1-5-15-14-8-10-23(3)11-9-22(21(15)27)16-6-7-17(28-4)20(26)19(16)24(13(2)25)18(22)12-14/h5-7,14,18,26H,8-12H2,1-4H3/b15-5-/t14-,18-,22-/m1/s1. The number of benzene rings is 1. The number of carbonyl (C=O) groups excluding carboxylic acids is 2. The van der Waals surface area contributed by atoms with Crippen molar-refractivity contribution in [1.29, 1.82) is 0 Å². The lowest BCUT2D eigenvalue weighted by Gasteiger charge is -2.44. The van der Waals surface area contributed by atoms with Gasteiger partial charge in [0.2, 0.25) is 5.91 Å². The second kappa shape index (κ2) is 6.62. The second-order valence-electron chi connectivity index (χ2n) is 8.24. The highest BCUT2D eigenvalue weighted by atomic mass is 16.5. The number of phenolic OH excluding ortho intramolecular Hbond substituents is 1. The summed E-state index contributed by atoms with van der Waals surface area (Å²) in [7, 11) is 3.57. The third-order valence-electron chi connectivity index (χ3n) is 6.95. The molecule has 1 aromatic carbocycles. The van der Waals surface area contributed by atoms with Crippen LogP contribution in [0.1, 0.15) is 38.7 Å². The SMILES string of the molecule is C/C=C1\C(=O)[C@@]23CCN(C)CC[C@@H]1C[C@H]2N(C(C)=O)c1c3ccc(OC)c1O. The summed E-state index contributed by atoms with van der Waals surface area (Å²) in [5.74, 6) is 0.344. The molecule has 4 aliphatic rings. The summed E-state index contributed by atoms with van der Waals surface area (Å²) in [5.41, 5.74) is 1.26. The molecule has 2 bridgehead atoms. The summed E-state index contributed by atoms with van der Waals surface area (Å²) in [6.07, 6.45) is 4.20. The summed E-state index contributed by atoms with van der Waals surface area (Å²) < 4.78 is 5.29. The summed E-state index contributed by atoms with van der Waals surface area (Å²) >= 11 is 0. The molecule has 2 saturated heterocycles. The lowest BCUT2D eigenvalue weighted by molar-refractivity contribution is -0.124. The maximum atomic E-state index is 13.9. The van der Waals surface area contributed by atoms with E-state index >= 15 is 0 Å². The molecule has 5 rings (SSSR count). The number of nitrogens with zero attached hydrogens (tertiary/aromatic N) is 2. The van der Waals surface area contributed by atoms with E-state index < -0.39 is 5.41 Å². The smallest absolute Gasteiger partial charge is 0.224 e. The molecule has 0 aromatic heterocycles. The maximum absolute atomic E-state index is 13.9. The number of hydrogen-bond donors (Lipinski definition) is 1. The van der Waals surface area contributed by atoms with Crippen LogP contribution >= 0.6 is 0 Å². The van der Waals surface area contributed by atoms with Gasteiger partial charge in [-0.3, -0.25) is 9.59 Å². The number of amides is 1. The monoisotopic (exact) mass is 384 g/mol. The molecule has 1 aromatic rings. The number of aromatic hydroxyl groups is 1. The van der Waals surface area contributed by atoms with E-state index in [1.165, 1.54) is 14.0 Å². The van der Waals surface area contributed by atoms with Gasteiger partial charge in [0.1, 0.15) is 0 Å². The minimum atomic E-state index is -0.818. The maximum Gasteiger partial charge on any atom is 0.224 e. The zero-order valence-electron chi connectivity index (χ0n) is 17.0. The summed E-state index contributed by atoms with van der Waals surface area (Å²) in [6.45, 7) is 5.14. The molecule has 0 unspecified atom stereocenters. The van der Waals surface area contributed by atoms with Crippen LogP contribution in [0.25, 0.3) is 0 Å². The van der Waals surface area contributed by atoms with Crippen molar-refractivity contribution >= 4 is 17.4 Å². The Morgan fingerprint density at radius 3 is 2.75 bits per heavy atom. The normalized spacial score (nSPS) is 31.2. The van der Waals surface area contributed by atoms with Gasteiger partial charge in [-0.15, -0.1) is 0 Å². The van der Waals surface area contributed by atoms with Gasteiger partial charge in [-0.25, -0.2) is 0 Å². The number of ether oxygens (including phenoxy) is 1. The molecule has 3 atom stereocenters. The summed E-state index contributed by atoms with van der Waals surface area (Å²) in [5, 5.41) is 10.9. The van der Waals surface area contributed by atoms with Crippen LogP contribution in [0.5, 0.6) is 11.5 Å². The molecular weight excluding hydrogens is 356 g/mol. The molecule has 1 N–H and O–H groups in total. The average molecular weight is 384 g/mol. The largest absolute Gasteiger partial charge is 0.503 e. The van der Waals surface area contributed by atoms with Gasteiger partial charge in [-0.1, -0.05) is 12.1 Å². The van der Waals surface area contributed by atoms with Crippen molar-refractivity contribution in [3.05, 3.63) is 29.3 Å². The third-order valence-corrected chi connectivity index (χ3v) is 6.95. The van der Waals surface area contributed by atoms with Gasteiger partial charge in [0.25, 0.3) is 0 Å². The molecule has 3 heterocycles. The van der Waals surface area contributed by atoms with Crippen molar-refractivity contribution in [3.8, 4) is 11.5 Å². The molecule has 0 radical (unpaired) electrons. The molecule has 1 amide bonds. The first kappa shape index (κ1) is 19.0. The van der Waals surface area contributed by atoms with Gasteiger partial charge in [0, 0.05) is 6.92 Å². The molecule has 28 heavy (non-hydrogen) atoms. The first-order valence-corrected chi connectivity index (χ1v) is 9.96. The van der Waals surface area contributed by atoms with Crippen LogP contribution in [0.15, 0.2) is 23.8 Å². The first-order valence-electron chi connectivity index (χ1n) is 9.96. The molecule has 1 spiro atoms. The number of rotatable bonds is 1. The van der Waals surface area contributed by atoms with E-state index in [1.807, 2.05) is 19.1 Å². The highest BCUT2D eigenvalue weighted by molar-refractivity contribution is 6.12. The van der Waals surface area contributed by atoms with E-state index in [4.69, 9.17) is 4.74 Å². The van der Waals surface area contributed by atoms with Crippen molar-refractivity contribution in [2.45, 2.75) is 44.6 Å². The number of phenols is 1. The van der Waals surface area contributed by atoms with Crippen LogP contribution in [-0.4, -0.2) is 55.0 Å². The zero-order valence-corrected chi connectivity index (χ0v) is 17.0. The Balaban J connectivity index is 2.02. The molecule has 3 fully saturated rings. The van der Waals surface area contributed by atoms with Crippen LogP contribution in [0.3, 0.4) is 0 Å². The van der Waals surface area contributed by atoms with Gasteiger partial charge in [-0.2, -0.15) is 0 Å². The molecule has 6 heteroatoms. The van der Waals surface area contributed by atoms with Gasteiger partial charge < -0.3 is 19.6 Å². The molecular formula is C22H28N2O4. The number of carbonyl (C=O) groups is 2. The fourth-order valence-corrected chi connectivity index (χ4v) is 5.59. The number of fused-ring (bicyclic) bond motifs is 6. The van der Waals surface area contributed by atoms with Gasteiger partial charge in [0.15, 0.2) is 17.3 Å². The Labute approximate surface area is 165 Å². The highest BCUT2D eigenvalue weighted by Crippen LogP contribution is 2.59. The number of ketones is 1. The van der Waals surface area contributed by atoms with Gasteiger partial charge >= 0.3 is 0 Å². The topological polar surface area (TPSA) is 70.1 Å². The van der Waals surface area contributed by atoms with Crippen LogP contribution in [0, 0.1) is 5.92 Å². The molecule has 6 nitrogen and oxygen atoms in total. The molecule has 150 valence electrons. The third kappa shape index (κ3) is 2.37. The van der Waals surface area contributed by atoms with Crippen LogP contribution in [0.2, 0.25) is 0 Å². The lowest BCUT2D eigenvalue weighted by Crippen LogP contribution is -2.56. The van der Waals surface area contributed by atoms with Crippen LogP contribution in [-0.2, 0) is 15.0 Å².